The third-order valence-electron chi connectivity index (χ3n) is 9.86. The number of imide groups is 1. The number of aryl methyl sites for hydroxylation is 1. The number of nitrogens with zero attached hydrogens (tertiary/aromatic N) is 2. The normalized spacial score (nSPS) is 12.8. The molecule has 0 spiro atoms. The number of amides is 3. The minimum Gasteiger partial charge on any atom is -0.422 e. The molecule has 2 aromatic rings. The molecule has 0 bridgehead atoms. The fraction of sp³-hybridized carbons (Fsp3) is 0.717. The molecule has 1 aromatic carbocycles. The summed E-state index contributed by atoms with van der Waals surface area (Å²) < 4.78 is 70.9. The van der Waals surface area contributed by atoms with E-state index in [4.69, 9.17) is 71.8 Å². The quantitative estimate of drug-likeness (QED) is 0.0432. The zero-order chi connectivity index (χ0) is 48.9. The molecular formula is C46H73N3O19. The molecular weight excluding hydrogens is 899 g/mol. The summed E-state index contributed by atoms with van der Waals surface area (Å²) in [5, 5.41) is 1.11. The number of rotatable bonds is 44. The van der Waals surface area contributed by atoms with Crippen LogP contribution in [-0.4, -0.2) is 206 Å². The Morgan fingerprint density at radius 1 is 0.574 bits per heavy atom. The van der Waals surface area contributed by atoms with Gasteiger partial charge in [-0.2, -0.15) is 0 Å². The van der Waals surface area contributed by atoms with Gasteiger partial charge in [0.15, 0.2) is 0 Å². The summed E-state index contributed by atoms with van der Waals surface area (Å²) in [6, 6.07) is 4.91. The predicted octanol–water partition coefficient (Wildman–Crippen LogP) is 2.12. The van der Waals surface area contributed by atoms with Crippen molar-refractivity contribution in [3.63, 3.8) is 0 Å². The van der Waals surface area contributed by atoms with Crippen LogP contribution in [-0.2, 0) is 76.1 Å². The van der Waals surface area contributed by atoms with Crippen molar-refractivity contribution in [2.75, 3.05) is 178 Å². The molecule has 0 saturated carbocycles. The number of unbranched alkanes of at least 4 members (excludes halogenated alkanes) is 2. The first kappa shape index (κ1) is 58.1. The number of carbonyl (C=O) groups is 4. The molecule has 1 aliphatic heterocycles. The van der Waals surface area contributed by atoms with Crippen molar-refractivity contribution in [1.82, 2.24) is 9.96 Å². The predicted molar refractivity (Wildman–Crippen MR) is 244 cm³/mol. The maximum atomic E-state index is 13.8. The number of methoxy groups -OCH3 is 1. The van der Waals surface area contributed by atoms with Crippen LogP contribution in [0.4, 0.5) is 5.69 Å². The van der Waals surface area contributed by atoms with Gasteiger partial charge in [0.25, 0.3) is 17.7 Å². The van der Waals surface area contributed by atoms with E-state index >= 15 is 0 Å². The number of hydrogen-bond acceptors (Lipinski definition) is 20. The Balaban J connectivity index is 1.13. The summed E-state index contributed by atoms with van der Waals surface area (Å²) in [6.45, 7) is 12.3. The first-order valence-corrected chi connectivity index (χ1v) is 23.3. The van der Waals surface area contributed by atoms with Gasteiger partial charge in [-0.15, -0.1) is 5.06 Å². The second-order valence-electron chi connectivity index (χ2n) is 15.0. The Morgan fingerprint density at radius 2 is 0.985 bits per heavy atom. The molecule has 3 rings (SSSR count). The first-order chi connectivity index (χ1) is 33.2. The summed E-state index contributed by atoms with van der Waals surface area (Å²) in [5.74, 6) is -2.28. The van der Waals surface area contributed by atoms with Crippen molar-refractivity contribution in [3.8, 4) is 0 Å². The minimum absolute atomic E-state index is 0.0151. The van der Waals surface area contributed by atoms with Gasteiger partial charge in [0.1, 0.15) is 11.1 Å². The number of hydrogen-bond donors (Lipinski definition) is 1. The molecule has 2 heterocycles. The van der Waals surface area contributed by atoms with Gasteiger partial charge in [-0.25, -0.2) is 9.59 Å². The summed E-state index contributed by atoms with van der Waals surface area (Å²) >= 11 is 0. The first-order valence-electron chi connectivity index (χ1n) is 23.3. The van der Waals surface area contributed by atoms with Crippen LogP contribution in [0.1, 0.15) is 54.4 Å². The van der Waals surface area contributed by atoms with Crippen molar-refractivity contribution in [3.05, 3.63) is 39.7 Å². The Bertz CT molecular complexity index is 1750. The van der Waals surface area contributed by atoms with E-state index in [9.17, 15) is 24.0 Å². The minimum atomic E-state index is -0.773. The number of ether oxygens (including phenoxy) is 12. The highest BCUT2D eigenvalue weighted by Crippen LogP contribution is 2.23. The summed E-state index contributed by atoms with van der Waals surface area (Å²) in [5.41, 5.74) is 6.19. The van der Waals surface area contributed by atoms with Crippen LogP contribution < -0.4 is 11.4 Å². The topological polar surface area (TPSA) is 251 Å². The highest BCUT2D eigenvalue weighted by atomic mass is 16.7. The third kappa shape index (κ3) is 25.4. The highest BCUT2D eigenvalue weighted by Gasteiger charge is 2.32. The van der Waals surface area contributed by atoms with Crippen LogP contribution in [0.2, 0.25) is 0 Å². The summed E-state index contributed by atoms with van der Waals surface area (Å²) in [4.78, 5) is 69.0. The van der Waals surface area contributed by atoms with E-state index < -0.39 is 29.3 Å². The van der Waals surface area contributed by atoms with Crippen LogP contribution in [0, 0.1) is 6.92 Å². The Kier molecular flexibility index (Phi) is 32.2. The fourth-order valence-electron chi connectivity index (χ4n) is 6.26. The van der Waals surface area contributed by atoms with Crippen LogP contribution in [0.15, 0.2) is 27.4 Å². The van der Waals surface area contributed by atoms with E-state index in [2.05, 4.69) is 0 Å². The maximum absolute atomic E-state index is 13.8. The molecule has 3 amide bonds. The van der Waals surface area contributed by atoms with Gasteiger partial charge in [0.05, 0.1) is 152 Å². The number of carbonyl (C=O) groups excluding carboxylic acids is 4. The molecule has 0 aliphatic carbocycles. The van der Waals surface area contributed by atoms with Crippen molar-refractivity contribution in [2.24, 2.45) is 0 Å². The number of fused-ring (bicyclic) bond motifs is 1. The average Bonchev–Trinajstić information content (AvgIpc) is 3.63. The van der Waals surface area contributed by atoms with Crippen molar-refractivity contribution in [1.29, 1.82) is 0 Å². The Morgan fingerprint density at radius 3 is 1.41 bits per heavy atom. The smallest absolute Gasteiger partial charge is 0.349 e. The van der Waals surface area contributed by atoms with Gasteiger partial charge in [0.2, 0.25) is 0 Å². The van der Waals surface area contributed by atoms with E-state index in [0.29, 0.717) is 180 Å². The number of anilines is 1. The van der Waals surface area contributed by atoms with Gasteiger partial charge in [-0.3, -0.25) is 14.4 Å². The van der Waals surface area contributed by atoms with Crippen LogP contribution in [0.25, 0.3) is 11.0 Å². The monoisotopic (exact) mass is 971 g/mol. The second kappa shape index (κ2) is 37.7. The molecule has 0 atom stereocenters. The highest BCUT2D eigenvalue weighted by molar-refractivity contribution is 6.01. The van der Waals surface area contributed by atoms with Crippen LogP contribution >= 0.6 is 0 Å². The van der Waals surface area contributed by atoms with Gasteiger partial charge < -0.3 is 76.7 Å². The fourth-order valence-corrected chi connectivity index (χ4v) is 6.26. The van der Waals surface area contributed by atoms with Crippen LogP contribution in [0.3, 0.4) is 0 Å². The molecule has 0 unspecified atom stereocenters. The molecule has 0 radical (unpaired) electrons. The standard InChI is InChI=1S/C46H73N3O19/c1-37-39-8-7-38(47)36-40(39)67-46(54)44(37)45(53)48(11-5-3-4-6-43(52)68-49-41(50)9-10-42(49)51)12-13-56-16-17-58-20-21-60-24-25-62-28-29-64-32-33-66-35-34-65-31-30-63-27-26-61-23-22-59-19-18-57-15-14-55-2/h7-8,36H,3-6,9-35,47H2,1-2H3. The lowest BCUT2D eigenvalue weighted by atomic mass is 10.0. The number of benzene rings is 1. The maximum Gasteiger partial charge on any atom is 0.349 e. The summed E-state index contributed by atoms with van der Waals surface area (Å²) in [6.07, 6.45) is 1.43. The molecule has 68 heavy (non-hydrogen) atoms. The lowest BCUT2D eigenvalue weighted by molar-refractivity contribution is -0.197. The van der Waals surface area contributed by atoms with Crippen molar-refractivity contribution in [2.45, 2.75) is 45.4 Å². The third-order valence-corrected chi connectivity index (χ3v) is 9.86. The zero-order valence-electron chi connectivity index (χ0n) is 39.9. The lowest BCUT2D eigenvalue weighted by Gasteiger charge is -2.23. The zero-order valence-corrected chi connectivity index (χ0v) is 39.9. The van der Waals surface area contributed by atoms with E-state index in [-0.39, 0.29) is 56.7 Å². The van der Waals surface area contributed by atoms with Gasteiger partial charge in [-0.05, 0) is 37.5 Å². The van der Waals surface area contributed by atoms with E-state index in [0.717, 1.165) is 0 Å². The summed E-state index contributed by atoms with van der Waals surface area (Å²) in [7, 11) is 1.63. The van der Waals surface area contributed by atoms with E-state index in [1.165, 1.54) is 11.0 Å². The molecule has 22 nitrogen and oxygen atoms in total. The van der Waals surface area contributed by atoms with E-state index in [1.54, 1.807) is 26.2 Å². The molecule has 1 aliphatic rings. The lowest BCUT2D eigenvalue weighted by Crippen LogP contribution is -2.38. The van der Waals surface area contributed by atoms with Gasteiger partial charge in [-0.1, -0.05) is 6.42 Å². The Hall–Kier alpha value is -4.17. The molecule has 1 saturated heterocycles. The molecule has 2 N–H and O–H groups in total. The van der Waals surface area contributed by atoms with Crippen molar-refractivity contribution >= 4 is 40.3 Å². The number of nitrogens with two attached hydrogens (primary N) is 1. The Labute approximate surface area is 398 Å². The molecule has 386 valence electrons. The number of hydroxylamine groups is 2. The van der Waals surface area contributed by atoms with E-state index in [1.807, 2.05) is 0 Å². The molecule has 22 heteroatoms. The number of nitrogen functional groups attached to an aromatic ring is 1. The van der Waals surface area contributed by atoms with Crippen LogP contribution in [0.5, 0.6) is 0 Å². The average molecular weight is 972 g/mol. The molecule has 1 aromatic heterocycles. The van der Waals surface area contributed by atoms with Gasteiger partial charge >= 0.3 is 11.6 Å². The largest absolute Gasteiger partial charge is 0.422 e. The SMILES string of the molecule is COCCOCCOCCOCCOCCOCCOCCOCCOCCOCCOCCOCCN(CCCCCC(=O)ON1C(=O)CCC1=O)C(=O)c1c(C)c2ccc(N)cc2oc1=O. The molecule has 1 fully saturated rings. The second-order valence-corrected chi connectivity index (χ2v) is 15.0. The van der Waals surface area contributed by atoms with Crippen molar-refractivity contribution < 1.29 is 85.3 Å². The van der Waals surface area contributed by atoms with Gasteiger partial charge in [0, 0.05) is 56.6 Å².